The zero-order valence-electron chi connectivity index (χ0n) is 11.4. The van der Waals surface area contributed by atoms with E-state index in [0.717, 1.165) is 15.6 Å². The Morgan fingerprint density at radius 2 is 2.05 bits per heavy atom. The molecular weight excluding hydrogens is 332 g/mol. The quantitative estimate of drug-likeness (QED) is 0.776. The standard InChI is InChI=1S/C16H13BrN2O2/c1-10-5-6-14(20)13(7-10)16-18-15(19-21-16)9-11-3-2-4-12(17)8-11/h2-8,20H,9H2,1H3. The maximum absolute atomic E-state index is 9.89. The number of rotatable bonds is 3. The fraction of sp³-hybridized carbons (Fsp3) is 0.125. The number of halogens is 1. The van der Waals surface area contributed by atoms with E-state index in [2.05, 4.69) is 26.1 Å². The minimum Gasteiger partial charge on any atom is -0.507 e. The summed E-state index contributed by atoms with van der Waals surface area (Å²) in [6.07, 6.45) is 0.579. The first-order valence-electron chi connectivity index (χ1n) is 6.49. The number of hydrogen-bond donors (Lipinski definition) is 1. The molecule has 1 heterocycles. The first-order chi connectivity index (χ1) is 10.1. The molecule has 0 unspecified atom stereocenters. The Morgan fingerprint density at radius 3 is 2.86 bits per heavy atom. The molecule has 0 amide bonds. The van der Waals surface area contributed by atoms with Gasteiger partial charge < -0.3 is 9.63 Å². The SMILES string of the molecule is Cc1ccc(O)c(-c2nc(Cc3cccc(Br)c3)no2)c1. The summed E-state index contributed by atoms with van der Waals surface area (Å²) in [7, 11) is 0. The van der Waals surface area contributed by atoms with Crippen LogP contribution in [0.4, 0.5) is 0 Å². The highest BCUT2D eigenvalue weighted by Gasteiger charge is 2.13. The summed E-state index contributed by atoms with van der Waals surface area (Å²) in [6, 6.07) is 13.2. The zero-order chi connectivity index (χ0) is 14.8. The lowest BCUT2D eigenvalue weighted by Crippen LogP contribution is -1.90. The van der Waals surface area contributed by atoms with E-state index in [1.165, 1.54) is 0 Å². The molecule has 0 bridgehead atoms. The summed E-state index contributed by atoms with van der Waals surface area (Å²) < 4.78 is 6.27. The van der Waals surface area contributed by atoms with Crippen molar-refractivity contribution in [3.8, 4) is 17.2 Å². The van der Waals surface area contributed by atoms with Crippen molar-refractivity contribution in [2.24, 2.45) is 0 Å². The maximum Gasteiger partial charge on any atom is 0.261 e. The van der Waals surface area contributed by atoms with Crippen molar-refractivity contribution in [2.45, 2.75) is 13.3 Å². The molecule has 0 radical (unpaired) electrons. The third-order valence-electron chi connectivity index (χ3n) is 3.10. The lowest BCUT2D eigenvalue weighted by Gasteiger charge is -2.00. The van der Waals surface area contributed by atoms with Gasteiger partial charge in [-0.2, -0.15) is 4.98 Å². The van der Waals surface area contributed by atoms with Crippen LogP contribution in [-0.2, 0) is 6.42 Å². The number of aromatic nitrogens is 2. The molecule has 0 saturated carbocycles. The van der Waals surface area contributed by atoms with Crippen molar-refractivity contribution in [3.05, 3.63) is 63.9 Å². The molecular formula is C16H13BrN2O2. The largest absolute Gasteiger partial charge is 0.507 e. The average Bonchev–Trinajstić information content (AvgIpc) is 2.90. The Hall–Kier alpha value is -2.14. The van der Waals surface area contributed by atoms with Crippen LogP contribution >= 0.6 is 15.9 Å². The number of benzene rings is 2. The summed E-state index contributed by atoms with van der Waals surface area (Å²) in [5.41, 5.74) is 2.67. The molecule has 0 spiro atoms. The Labute approximate surface area is 130 Å². The van der Waals surface area contributed by atoms with Crippen LogP contribution in [0.25, 0.3) is 11.5 Å². The Bertz CT molecular complexity index is 783. The van der Waals surface area contributed by atoms with E-state index in [4.69, 9.17) is 4.52 Å². The second-order valence-corrected chi connectivity index (χ2v) is 5.76. The van der Waals surface area contributed by atoms with E-state index in [1.54, 1.807) is 6.07 Å². The monoisotopic (exact) mass is 344 g/mol. The van der Waals surface area contributed by atoms with Gasteiger partial charge in [-0.3, -0.25) is 0 Å². The van der Waals surface area contributed by atoms with Gasteiger partial charge in [0.15, 0.2) is 5.82 Å². The normalized spacial score (nSPS) is 10.8. The molecule has 0 saturated heterocycles. The summed E-state index contributed by atoms with van der Waals surface area (Å²) >= 11 is 3.44. The Morgan fingerprint density at radius 1 is 1.19 bits per heavy atom. The topological polar surface area (TPSA) is 59.2 Å². The van der Waals surface area contributed by atoms with Crippen molar-refractivity contribution in [1.82, 2.24) is 10.1 Å². The fourth-order valence-corrected chi connectivity index (χ4v) is 2.53. The highest BCUT2D eigenvalue weighted by Crippen LogP contribution is 2.28. The van der Waals surface area contributed by atoms with Crippen LogP contribution in [0.5, 0.6) is 5.75 Å². The van der Waals surface area contributed by atoms with Gasteiger partial charge in [-0.15, -0.1) is 0 Å². The fourth-order valence-electron chi connectivity index (χ4n) is 2.09. The van der Waals surface area contributed by atoms with Crippen LogP contribution in [0, 0.1) is 6.92 Å². The number of hydrogen-bond acceptors (Lipinski definition) is 4. The Balaban J connectivity index is 1.88. The molecule has 0 aliphatic rings. The molecule has 0 aliphatic heterocycles. The van der Waals surface area contributed by atoms with E-state index < -0.39 is 0 Å². The van der Waals surface area contributed by atoms with Crippen LogP contribution in [0.15, 0.2) is 51.5 Å². The molecule has 1 aromatic heterocycles. The lowest BCUT2D eigenvalue weighted by atomic mass is 10.1. The van der Waals surface area contributed by atoms with E-state index in [-0.39, 0.29) is 5.75 Å². The van der Waals surface area contributed by atoms with Gasteiger partial charge in [0.2, 0.25) is 0 Å². The molecule has 0 atom stereocenters. The van der Waals surface area contributed by atoms with E-state index >= 15 is 0 Å². The van der Waals surface area contributed by atoms with Crippen LogP contribution < -0.4 is 0 Å². The summed E-state index contributed by atoms with van der Waals surface area (Å²) in [6.45, 7) is 1.95. The molecule has 2 aromatic carbocycles. The number of nitrogens with zero attached hydrogens (tertiary/aromatic N) is 2. The molecule has 106 valence electrons. The van der Waals surface area contributed by atoms with Gasteiger partial charge in [0.25, 0.3) is 5.89 Å². The predicted octanol–water partition coefficient (Wildman–Crippen LogP) is 4.10. The third-order valence-corrected chi connectivity index (χ3v) is 3.60. The van der Waals surface area contributed by atoms with Crippen LogP contribution in [0.3, 0.4) is 0 Å². The molecule has 4 nitrogen and oxygen atoms in total. The van der Waals surface area contributed by atoms with E-state index in [0.29, 0.717) is 23.7 Å². The van der Waals surface area contributed by atoms with Gasteiger partial charge in [0.1, 0.15) is 5.75 Å². The van der Waals surface area contributed by atoms with Crippen LogP contribution in [-0.4, -0.2) is 15.2 Å². The zero-order valence-corrected chi connectivity index (χ0v) is 13.0. The molecule has 0 aliphatic carbocycles. The summed E-state index contributed by atoms with van der Waals surface area (Å²) in [4.78, 5) is 4.35. The summed E-state index contributed by atoms with van der Waals surface area (Å²) in [5.74, 6) is 1.06. The molecule has 5 heteroatoms. The first kappa shape index (κ1) is 13.8. The molecule has 3 rings (SSSR count). The minimum atomic E-state index is 0.137. The maximum atomic E-state index is 9.89. The van der Waals surface area contributed by atoms with E-state index in [9.17, 15) is 5.11 Å². The van der Waals surface area contributed by atoms with Gasteiger partial charge in [-0.25, -0.2) is 0 Å². The third kappa shape index (κ3) is 3.13. The number of aromatic hydroxyl groups is 1. The predicted molar refractivity (Wildman–Crippen MR) is 83.1 cm³/mol. The second-order valence-electron chi connectivity index (χ2n) is 4.84. The molecule has 3 aromatic rings. The van der Waals surface area contributed by atoms with Crippen molar-refractivity contribution in [3.63, 3.8) is 0 Å². The average molecular weight is 345 g/mol. The number of aryl methyl sites for hydroxylation is 1. The number of phenolic OH excluding ortho intramolecular Hbond substituents is 1. The first-order valence-corrected chi connectivity index (χ1v) is 7.28. The Kier molecular flexibility index (Phi) is 3.75. The molecule has 21 heavy (non-hydrogen) atoms. The highest BCUT2D eigenvalue weighted by atomic mass is 79.9. The summed E-state index contributed by atoms with van der Waals surface area (Å²) in [5, 5.41) is 13.9. The molecule has 1 N–H and O–H groups in total. The van der Waals surface area contributed by atoms with Crippen LogP contribution in [0.2, 0.25) is 0 Å². The lowest BCUT2D eigenvalue weighted by molar-refractivity contribution is 0.418. The van der Waals surface area contributed by atoms with Crippen molar-refractivity contribution in [2.75, 3.05) is 0 Å². The minimum absolute atomic E-state index is 0.137. The van der Waals surface area contributed by atoms with Gasteiger partial charge in [0, 0.05) is 10.9 Å². The van der Waals surface area contributed by atoms with Gasteiger partial charge in [0.05, 0.1) is 5.56 Å². The molecule has 0 fully saturated rings. The van der Waals surface area contributed by atoms with Crippen LogP contribution in [0.1, 0.15) is 17.0 Å². The number of phenols is 1. The van der Waals surface area contributed by atoms with Crippen molar-refractivity contribution < 1.29 is 9.63 Å². The second kappa shape index (κ2) is 5.69. The smallest absolute Gasteiger partial charge is 0.261 e. The van der Waals surface area contributed by atoms with Gasteiger partial charge in [-0.05, 0) is 36.8 Å². The van der Waals surface area contributed by atoms with Gasteiger partial charge in [-0.1, -0.05) is 44.8 Å². The highest BCUT2D eigenvalue weighted by molar-refractivity contribution is 9.10. The van der Waals surface area contributed by atoms with Gasteiger partial charge >= 0.3 is 0 Å². The van der Waals surface area contributed by atoms with Crippen molar-refractivity contribution in [1.29, 1.82) is 0 Å². The van der Waals surface area contributed by atoms with Crippen molar-refractivity contribution >= 4 is 15.9 Å². The van der Waals surface area contributed by atoms with E-state index in [1.807, 2.05) is 43.3 Å².